The van der Waals surface area contributed by atoms with Crippen LogP contribution in [0.2, 0.25) is 0 Å². The van der Waals surface area contributed by atoms with Crippen molar-refractivity contribution in [3.63, 3.8) is 0 Å². The highest BCUT2D eigenvalue weighted by molar-refractivity contribution is 5.74. The predicted molar refractivity (Wildman–Crippen MR) is 124 cm³/mol. The molecule has 7 heteroatoms. The quantitative estimate of drug-likeness (QED) is 0.769. The number of nitrogens with zero attached hydrogens (tertiary/aromatic N) is 4. The Bertz CT molecular complexity index is 975. The maximum Gasteiger partial charge on any atom is 0.219 e. The molecule has 4 rings (SSSR count). The zero-order valence-corrected chi connectivity index (χ0v) is 19.6. The molecule has 2 aliphatic heterocycles. The molecule has 2 aliphatic rings. The Labute approximate surface area is 190 Å². The summed E-state index contributed by atoms with van der Waals surface area (Å²) in [6.07, 6.45) is 3.01. The number of amides is 1. The molecule has 1 saturated heterocycles. The number of anilines is 1. The Morgan fingerprint density at radius 1 is 1.22 bits per heavy atom. The lowest BCUT2D eigenvalue weighted by molar-refractivity contribution is -0.129. The van der Waals surface area contributed by atoms with E-state index in [0.29, 0.717) is 25.6 Å². The van der Waals surface area contributed by atoms with Crippen LogP contribution in [0.15, 0.2) is 24.3 Å². The van der Waals surface area contributed by atoms with Crippen molar-refractivity contribution in [2.45, 2.75) is 57.9 Å². The second-order valence-corrected chi connectivity index (χ2v) is 9.89. The molecule has 1 atom stereocenters. The van der Waals surface area contributed by atoms with E-state index >= 15 is 0 Å². The van der Waals surface area contributed by atoms with Crippen LogP contribution in [0.25, 0.3) is 0 Å². The van der Waals surface area contributed by atoms with Gasteiger partial charge in [-0.3, -0.25) is 4.79 Å². The largest absolute Gasteiger partial charge is 0.369 e. The van der Waals surface area contributed by atoms with E-state index in [4.69, 9.17) is 9.97 Å². The van der Waals surface area contributed by atoms with Crippen molar-refractivity contribution in [3.05, 3.63) is 52.7 Å². The number of halogens is 1. The molecule has 1 N–H and O–H groups in total. The number of aromatic nitrogens is 2. The van der Waals surface area contributed by atoms with Crippen molar-refractivity contribution in [2.24, 2.45) is 0 Å². The van der Waals surface area contributed by atoms with Gasteiger partial charge in [0.2, 0.25) is 5.91 Å². The summed E-state index contributed by atoms with van der Waals surface area (Å²) in [6, 6.07) is 6.69. The fraction of sp³-hybridized carbons (Fsp3) is 0.560. The first-order valence-electron chi connectivity index (χ1n) is 11.6. The maximum absolute atomic E-state index is 13.4. The molecule has 0 spiro atoms. The zero-order valence-electron chi connectivity index (χ0n) is 19.6. The van der Waals surface area contributed by atoms with E-state index in [1.165, 1.54) is 12.1 Å². The number of hydrogen-bond acceptors (Lipinski definition) is 5. The lowest BCUT2D eigenvalue weighted by atomic mass is 9.84. The number of likely N-dealkylation sites (tertiary alicyclic amines) is 1. The van der Waals surface area contributed by atoms with Crippen LogP contribution in [-0.2, 0) is 23.2 Å². The zero-order chi connectivity index (χ0) is 22.9. The molecule has 6 nitrogen and oxygen atoms in total. The van der Waals surface area contributed by atoms with Gasteiger partial charge in [0.05, 0.1) is 12.2 Å². The number of likely N-dealkylation sites (N-methyl/N-ethyl adjacent to an activating group) is 1. The number of hydrogen-bond donors (Lipinski definition) is 1. The summed E-state index contributed by atoms with van der Waals surface area (Å²) >= 11 is 0. The van der Waals surface area contributed by atoms with Crippen LogP contribution < -0.4 is 5.32 Å². The molecule has 1 fully saturated rings. The van der Waals surface area contributed by atoms with Crippen LogP contribution in [0, 0.1) is 5.82 Å². The van der Waals surface area contributed by atoms with Gasteiger partial charge in [0.25, 0.3) is 0 Å². The summed E-state index contributed by atoms with van der Waals surface area (Å²) in [7, 11) is 2.15. The second-order valence-electron chi connectivity index (χ2n) is 9.89. The minimum absolute atomic E-state index is 0.0752. The number of piperidine rings is 1. The highest BCUT2D eigenvalue weighted by Gasteiger charge is 2.29. The van der Waals surface area contributed by atoms with Gasteiger partial charge >= 0.3 is 0 Å². The smallest absolute Gasteiger partial charge is 0.219 e. The Kier molecular flexibility index (Phi) is 6.47. The molecule has 3 heterocycles. The van der Waals surface area contributed by atoms with E-state index in [0.717, 1.165) is 60.8 Å². The van der Waals surface area contributed by atoms with Crippen molar-refractivity contribution in [1.29, 1.82) is 0 Å². The summed E-state index contributed by atoms with van der Waals surface area (Å²) in [4.78, 5) is 26.2. The molecule has 1 amide bonds. The first-order chi connectivity index (χ1) is 15.2. The fourth-order valence-electron chi connectivity index (χ4n) is 4.72. The molecule has 0 saturated carbocycles. The number of rotatable bonds is 5. The number of carbonyl (C=O) groups excluding carboxylic acids is 1. The number of carbonyl (C=O) groups is 1. The minimum Gasteiger partial charge on any atom is -0.369 e. The first-order valence-corrected chi connectivity index (χ1v) is 11.6. The van der Waals surface area contributed by atoms with E-state index in [9.17, 15) is 9.18 Å². The lowest BCUT2D eigenvalue weighted by Crippen LogP contribution is -2.37. The summed E-state index contributed by atoms with van der Waals surface area (Å²) in [5.74, 6) is 1.92. The van der Waals surface area contributed by atoms with Crippen molar-refractivity contribution in [2.75, 3.05) is 38.5 Å². The Morgan fingerprint density at radius 2 is 1.97 bits per heavy atom. The van der Waals surface area contributed by atoms with Crippen molar-refractivity contribution in [3.8, 4) is 0 Å². The van der Waals surface area contributed by atoms with Crippen molar-refractivity contribution < 1.29 is 9.18 Å². The molecule has 32 heavy (non-hydrogen) atoms. The number of benzene rings is 1. The van der Waals surface area contributed by atoms with Crippen molar-refractivity contribution >= 4 is 11.7 Å². The highest BCUT2D eigenvalue weighted by atomic mass is 19.1. The first kappa shape index (κ1) is 22.6. The second kappa shape index (κ2) is 9.14. The molecule has 1 unspecified atom stereocenters. The summed E-state index contributed by atoms with van der Waals surface area (Å²) < 4.78 is 13.4. The fourth-order valence-corrected chi connectivity index (χ4v) is 4.72. The molecular formula is C25H34FN5O. The molecule has 0 bridgehead atoms. The molecular weight excluding hydrogens is 405 g/mol. The third-order valence-electron chi connectivity index (χ3n) is 6.84. The lowest BCUT2D eigenvalue weighted by Gasteiger charge is -2.33. The highest BCUT2D eigenvalue weighted by Crippen LogP contribution is 2.31. The van der Waals surface area contributed by atoms with Crippen LogP contribution in [0.3, 0.4) is 0 Å². The van der Waals surface area contributed by atoms with Crippen LogP contribution >= 0.6 is 0 Å². The van der Waals surface area contributed by atoms with Crippen LogP contribution in [-0.4, -0.2) is 58.9 Å². The molecule has 1 aromatic heterocycles. The van der Waals surface area contributed by atoms with Crippen LogP contribution in [0.1, 0.15) is 62.2 Å². The Balaban J connectivity index is 1.63. The van der Waals surface area contributed by atoms with Gasteiger partial charge in [-0.15, -0.1) is 0 Å². The molecule has 2 aromatic rings. The third-order valence-corrected chi connectivity index (χ3v) is 6.84. The summed E-state index contributed by atoms with van der Waals surface area (Å²) in [5, 5.41) is 3.58. The monoisotopic (exact) mass is 439 g/mol. The topological polar surface area (TPSA) is 61.4 Å². The van der Waals surface area contributed by atoms with Gasteiger partial charge < -0.3 is 15.1 Å². The van der Waals surface area contributed by atoms with Gasteiger partial charge in [0, 0.05) is 49.9 Å². The predicted octanol–water partition coefficient (Wildman–Crippen LogP) is 3.72. The van der Waals surface area contributed by atoms with Gasteiger partial charge in [0.15, 0.2) is 0 Å². The average Bonchev–Trinajstić information content (AvgIpc) is 2.77. The van der Waals surface area contributed by atoms with Gasteiger partial charge in [-0.1, -0.05) is 26.0 Å². The third kappa shape index (κ3) is 4.93. The summed E-state index contributed by atoms with van der Waals surface area (Å²) in [6.45, 7) is 9.86. The molecule has 0 aliphatic carbocycles. The van der Waals surface area contributed by atoms with Crippen molar-refractivity contribution in [1.82, 2.24) is 19.8 Å². The van der Waals surface area contributed by atoms with E-state index in [1.54, 1.807) is 6.92 Å². The van der Waals surface area contributed by atoms with Gasteiger partial charge in [-0.25, -0.2) is 14.4 Å². The van der Waals surface area contributed by atoms with E-state index in [2.05, 4.69) is 31.1 Å². The molecule has 172 valence electrons. The molecule has 0 radical (unpaired) electrons. The van der Waals surface area contributed by atoms with Gasteiger partial charge in [-0.05, 0) is 44.1 Å². The Morgan fingerprint density at radius 3 is 2.66 bits per heavy atom. The normalized spacial score (nSPS) is 19.5. The van der Waals surface area contributed by atoms with E-state index < -0.39 is 0 Å². The standard InChI is InChI=1S/C25H34FN5O/c1-17(32)31-13-11-22-21(15-31)24(29-23(28-22)18-6-5-12-30(4)14-18)27-16-25(2,3)19-7-9-20(26)10-8-19/h7-10,18H,5-6,11-16H2,1-4H3,(H,27,28,29). The Hall–Kier alpha value is -2.54. The van der Waals surface area contributed by atoms with Crippen LogP contribution in [0.5, 0.6) is 0 Å². The maximum atomic E-state index is 13.4. The van der Waals surface area contributed by atoms with E-state index in [-0.39, 0.29) is 17.1 Å². The number of fused-ring (bicyclic) bond motifs is 1. The van der Waals surface area contributed by atoms with Crippen LogP contribution in [0.4, 0.5) is 10.2 Å². The van der Waals surface area contributed by atoms with E-state index in [1.807, 2.05) is 17.0 Å². The summed E-state index contributed by atoms with van der Waals surface area (Å²) in [5.41, 5.74) is 2.93. The SMILES string of the molecule is CC(=O)N1CCc2nc(C3CCCN(C)C3)nc(NCC(C)(C)c3ccc(F)cc3)c2C1. The van der Waals surface area contributed by atoms with Gasteiger partial charge in [-0.2, -0.15) is 0 Å². The minimum atomic E-state index is -0.228. The van der Waals surface area contributed by atoms with Gasteiger partial charge in [0.1, 0.15) is 17.5 Å². The average molecular weight is 440 g/mol. The number of nitrogens with one attached hydrogen (secondary N) is 1. The molecule has 1 aromatic carbocycles.